The summed E-state index contributed by atoms with van der Waals surface area (Å²) in [5.41, 5.74) is 1.81. The SMILES string of the molecule is O=C(Cc1ccc(Br)cn1)C(Sc1ccccc1)c1ccccc1. The van der Waals surface area contributed by atoms with E-state index < -0.39 is 0 Å². The summed E-state index contributed by atoms with van der Waals surface area (Å²) < 4.78 is 0.914. The Morgan fingerprint density at radius 1 is 0.958 bits per heavy atom. The van der Waals surface area contributed by atoms with Crippen LogP contribution >= 0.6 is 27.7 Å². The molecule has 24 heavy (non-hydrogen) atoms. The molecule has 0 aliphatic heterocycles. The molecule has 2 nitrogen and oxygen atoms in total. The molecule has 120 valence electrons. The maximum absolute atomic E-state index is 12.9. The lowest BCUT2D eigenvalue weighted by Gasteiger charge is -2.16. The Hall–Kier alpha value is -1.91. The number of ketones is 1. The Morgan fingerprint density at radius 3 is 2.25 bits per heavy atom. The molecule has 1 unspecified atom stereocenters. The molecule has 0 saturated heterocycles. The fourth-order valence-corrected chi connectivity index (χ4v) is 3.69. The van der Waals surface area contributed by atoms with Crippen molar-refractivity contribution in [2.24, 2.45) is 0 Å². The van der Waals surface area contributed by atoms with E-state index in [1.54, 1.807) is 18.0 Å². The summed E-state index contributed by atoms with van der Waals surface area (Å²) in [5, 5.41) is -0.237. The zero-order chi connectivity index (χ0) is 16.8. The van der Waals surface area contributed by atoms with Crippen molar-refractivity contribution in [3.63, 3.8) is 0 Å². The highest BCUT2D eigenvalue weighted by Gasteiger charge is 2.22. The largest absolute Gasteiger partial charge is 0.298 e. The molecule has 1 aromatic heterocycles. The molecule has 0 amide bonds. The molecule has 1 atom stereocenters. The summed E-state index contributed by atoms with van der Waals surface area (Å²) in [6, 6.07) is 23.8. The first-order valence-electron chi connectivity index (χ1n) is 7.62. The van der Waals surface area contributed by atoms with Crippen LogP contribution in [0.3, 0.4) is 0 Å². The van der Waals surface area contributed by atoms with Gasteiger partial charge in [-0.25, -0.2) is 0 Å². The predicted molar refractivity (Wildman–Crippen MR) is 102 cm³/mol. The number of thioether (sulfide) groups is 1. The molecule has 0 fully saturated rings. The van der Waals surface area contributed by atoms with Crippen molar-refractivity contribution in [3.8, 4) is 0 Å². The molecule has 3 aromatic rings. The fraction of sp³-hybridized carbons (Fsp3) is 0.100. The zero-order valence-corrected chi connectivity index (χ0v) is 15.3. The lowest BCUT2D eigenvalue weighted by molar-refractivity contribution is -0.118. The lowest BCUT2D eigenvalue weighted by atomic mass is 10.0. The van der Waals surface area contributed by atoms with E-state index in [-0.39, 0.29) is 11.0 Å². The first-order valence-corrected chi connectivity index (χ1v) is 9.29. The molecule has 0 N–H and O–H groups in total. The Labute approximate surface area is 154 Å². The maximum Gasteiger partial charge on any atom is 0.156 e. The first kappa shape index (κ1) is 16.9. The number of hydrogen-bond acceptors (Lipinski definition) is 3. The minimum Gasteiger partial charge on any atom is -0.298 e. The van der Waals surface area contributed by atoms with Crippen molar-refractivity contribution in [1.82, 2.24) is 4.98 Å². The minimum atomic E-state index is -0.237. The van der Waals surface area contributed by atoms with Gasteiger partial charge >= 0.3 is 0 Å². The zero-order valence-electron chi connectivity index (χ0n) is 12.9. The number of benzene rings is 2. The van der Waals surface area contributed by atoms with E-state index >= 15 is 0 Å². The van der Waals surface area contributed by atoms with E-state index in [1.807, 2.05) is 72.8 Å². The number of pyridine rings is 1. The molecular weight excluding hydrogens is 382 g/mol. The summed E-state index contributed by atoms with van der Waals surface area (Å²) in [4.78, 5) is 18.3. The van der Waals surface area contributed by atoms with Crippen LogP contribution in [0.25, 0.3) is 0 Å². The van der Waals surface area contributed by atoms with Crippen molar-refractivity contribution < 1.29 is 4.79 Å². The van der Waals surface area contributed by atoms with E-state index in [0.29, 0.717) is 6.42 Å². The first-order chi connectivity index (χ1) is 11.7. The topological polar surface area (TPSA) is 30.0 Å². The van der Waals surface area contributed by atoms with Gasteiger partial charge in [0.25, 0.3) is 0 Å². The van der Waals surface area contributed by atoms with Gasteiger partial charge in [-0.3, -0.25) is 9.78 Å². The van der Waals surface area contributed by atoms with Crippen LogP contribution in [-0.4, -0.2) is 10.8 Å². The average molecular weight is 398 g/mol. The second kappa shape index (κ2) is 8.27. The summed E-state index contributed by atoms with van der Waals surface area (Å²) in [5.74, 6) is 0.157. The molecule has 0 radical (unpaired) electrons. The molecule has 0 aliphatic carbocycles. The van der Waals surface area contributed by atoms with Crippen LogP contribution in [0.2, 0.25) is 0 Å². The highest BCUT2D eigenvalue weighted by atomic mass is 79.9. The molecule has 4 heteroatoms. The smallest absolute Gasteiger partial charge is 0.156 e. The van der Waals surface area contributed by atoms with Crippen LogP contribution in [0.1, 0.15) is 16.5 Å². The van der Waals surface area contributed by atoms with Gasteiger partial charge < -0.3 is 0 Å². The number of hydrogen-bond donors (Lipinski definition) is 0. The van der Waals surface area contributed by atoms with E-state index in [0.717, 1.165) is 20.6 Å². The van der Waals surface area contributed by atoms with Gasteiger partial charge in [-0.05, 0) is 45.8 Å². The number of carbonyl (C=O) groups excluding carboxylic acids is 1. The van der Waals surface area contributed by atoms with Crippen molar-refractivity contribution in [2.45, 2.75) is 16.6 Å². The van der Waals surface area contributed by atoms with Gasteiger partial charge in [0.1, 0.15) is 0 Å². The number of rotatable bonds is 6. The fourth-order valence-electron chi connectivity index (χ4n) is 2.36. The second-order valence-corrected chi connectivity index (χ2v) is 7.43. The van der Waals surface area contributed by atoms with Crippen LogP contribution in [0.15, 0.2) is 88.4 Å². The van der Waals surface area contributed by atoms with Gasteiger partial charge in [-0.2, -0.15) is 0 Å². The number of nitrogens with zero attached hydrogens (tertiary/aromatic N) is 1. The normalized spacial score (nSPS) is 11.9. The van der Waals surface area contributed by atoms with Crippen LogP contribution in [0, 0.1) is 0 Å². The molecule has 0 bridgehead atoms. The monoisotopic (exact) mass is 397 g/mol. The second-order valence-electron chi connectivity index (χ2n) is 5.33. The van der Waals surface area contributed by atoms with Crippen LogP contribution in [0.5, 0.6) is 0 Å². The third kappa shape index (κ3) is 4.56. The average Bonchev–Trinajstić information content (AvgIpc) is 2.63. The molecule has 1 heterocycles. The number of carbonyl (C=O) groups is 1. The predicted octanol–water partition coefficient (Wildman–Crippen LogP) is 5.49. The molecule has 0 spiro atoms. The van der Waals surface area contributed by atoms with Crippen LogP contribution in [-0.2, 0) is 11.2 Å². The summed E-state index contributed by atoms with van der Waals surface area (Å²) >= 11 is 4.96. The Kier molecular flexibility index (Phi) is 5.83. The molecule has 2 aromatic carbocycles. The van der Waals surface area contributed by atoms with Gasteiger partial charge in [0.15, 0.2) is 5.78 Å². The Balaban J connectivity index is 1.83. The molecule has 0 saturated carbocycles. The van der Waals surface area contributed by atoms with E-state index in [2.05, 4.69) is 20.9 Å². The molecular formula is C20H16BrNOS. The van der Waals surface area contributed by atoms with E-state index in [1.165, 1.54) is 0 Å². The molecule has 0 aliphatic rings. The van der Waals surface area contributed by atoms with Crippen molar-refractivity contribution in [2.75, 3.05) is 0 Å². The van der Waals surface area contributed by atoms with Crippen molar-refractivity contribution >= 4 is 33.5 Å². The number of halogens is 1. The molecule has 3 rings (SSSR count). The highest BCUT2D eigenvalue weighted by molar-refractivity contribution is 9.10. The standard InChI is InChI=1S/C20H16BrNOS/c21-16-11-12-17(22-14-16)13-19(23)20(15-7-3-1-4-8-15)24-18-9-5-2-6-10-18/h1-12,14,20H,13H2. The highest BCUT2D eigenvalue weighted by Crippen LogP contribution is 2.36. The quantitative estimate of drug-likeness (QED) is 0.515. The van der Waals surface area contributed by atoms with Gasteiger partial charge in [0.05, 0.1) is 11.7 Å². The number of aromatic nitrogens is 1. The van der Waals surface area contributed by atoms with Gasteiger partial charge in [0.2, 0.25) is 0 Å². The summed E-state index contributed by atoms with van der Waals surface area (Å²) in [6.45, 7) is 0. The number of Topliss-reactive ketones (excluding diaryl/α,β-unsaturated/α-hetero) is 1. The third-order valence-corrected chi connectivity index (χ3v) is 5.32. The van der Waals surface area contributed by atoms with Gasteiger partial charge in [-0.15, -0.1) is 11.8 Å². The summed E-state index contributed by atoms with van der Waals surface area (Å²) in [6.07, 6.45) is 2.05. The maximum atomic E-state index is 12.9. The Bertz CT molecular complexity index is 791. The minimum absolute atomic E-state index is 0.157. The van der Waals surface area contributed by atoms with E-state index in [9.17, 15) is 4.79 Å². The van der Waals surface area contributed by atoms with Crippen molar-refractivity contribution in [3.05, 3.63) is 94.7 Å². The van der Waals surface area contributed by atoms with Crippen molar-refractivity contribution in [1.29, 1.82) is 0 Å². The van der Waals surface area contributed by atoms with Crippen LogP contribution in [0.4, 0.5) is 0 Å². The Morgan fingerprint density at radius 2 is 1.62 bits per heavy atom. The van der Waals surface area contributed by atoms with E-state index in [4.69, 9.17) is 0 Å². The third-order valence-electron chi connectivity index (χ3n) is 3.54. The van der Waals surface area contributed by atoms with Crippen LogP contribution < -0.4 is 0 Å². The van der Waals surface area contributed by atoms with Gasteiger partial charge in [0, 0.05) is 21.3 Å². The summed E-state index contributed by atoms with van der Waals surface area (Å²) in [7, 11) is 0. The lowest BCUT2D eigenvalue weighted by Crippen LogP contribution is -2.13. The van der Waals surface area contributed by atoms with Gasteiger partial charge in [-0.1, -0.05) is 48.5 Å².